The standard InChI is InChI=1S/C81H141F3N12O14/c1-50(2)42-60-73(103)88-69(54(9)10)79(109)95(20)65(47-56-34-26-22-27-35-56)78(108)93(18)63(46-55-32-24-21-25-33-55)72(102)87-59(49-110-80(11,12)13)75(105)91(16)61(43-51(3)4)70(100)85-57(36-30-37-66(97)81(82,83)84)74(104)94(19)64(45-53(7)8)77(107)92(17)62(44-52(5)6)71(101)86-58(76(106)96-40-28-23-29-41-96)48-68(99)89(14)39-31-38-67(98)90(60)15/h50-66,69,97H,21-49H2,1-20H3,(H,85,100)(H,86,101)(H,87,102)(H,88,103)/t57-,58-,59-,60-,61-,62-,63-,64-,65-,66?,69-/m0/s1. The van der Waals surface area contributed by atoms with Gasteiger partial charge in [-0.15, -0.1) is 0 Å². The third-order valence-electron chi connectivity index (χ3n) is 22.5. The quantitative estimate of drug-likeness (QED) is 0.0767. The zero-order valence-electron chi connectivity index (χ0n) is 70.4. The van der Waals surface area contributed by atoms with Crippen LogP contribution in [0, 0.1) is 41.4 Å². The van der Waals surface area contributed by atoms with Crippen LogP contribution in [0.3, 0.4) is 0 Å². The molecule has 630 valence electrons. The van der Waals surface area contributed by atoms with E-state index in [1.165, 1.54) is 73.8 Å². The average Bonchev–Trinajstić information content (AvgIpc) is 0.806. The normalized spacial score (nSPS) is 26.6. The number of ether oxygens (including phenoxy) is 1. The van der Waals surface area contributed by atoms with E-state index in [0.29, 0.717) is 25.9 Å². The number of nitrogens with zero attached hydrogens (tertiary/aromatic N) is 8. The number of hydrogen-bond acceptors (Lipinski definition) is 14. The maximum Gasteiger partial charge on any atom is 0.414 e. The van der Waals surface area contributed by atoms with Gasteiger partial charge in [-0.25, -0.2) is 0 Å². The number of aliphatic hydroxyl groups is 1. The molecule has 2 aliphatic carbocycles. The van der Waals surface area contributed by atoms with Gasteiger partial charge in [-0.05, 0) is 146 Å². The predicted molar refractivity (Wildman–Crippen MR) is 416 cm³/mol. The Labute approximate surface area is 655 Å². The molecule has 5 N–H and O–H groups in total. The first-order valence-electron chi connectivity index (χ1n) is 41.0. The fraction of sp³-hybridized carbons (Fsp3) is 0.852. The molecule has 0 aromatic rings. The first-order valence-corrected chi connectivity index (χ1v) is 41.0. The molecule has 26 nitrogen and oxygen atoms in total. The highest BCUT2D eigenvalue weighted by molar-refractivity contribution is 5.99. The van der Waals surface area contributed by atoms with E-state index in [1.54, 1.807) is 67.2 Å². The molecule has 29 heteroatoms. The molecular formula is C81H141F3N12O14. The summed E-state index contributed by atoms with van der Waals surface area (Å²) in [5.74, 6) is -9.69. The lowest BCUT2D eigenvalue weighted by Crippen LogP contribution is -2.62. The van der Waals surface area contributed by atoms with Crippen molar-refractivity contribution in [2.24, 2.45) is 41.4 Å². The van der Waals surface area contributed by atoms with E-state index in [1.807, 2.05) is 27.7 Å². The van der Waals surface area contributed by atoms with E-state index in [4.69, 9.17) is 4.74 Å². The fourth-order valence-corrected chi connectivity index (χ4v) is 15.6. The van der Waals surface area contributed by atoms with Crippen LogP contribution in [-0.2, 0) is 62.3 Å². The largest absolute Gasteiger partial charge is 0.414 e. The summed E-state index contributed by atoms with van der Waals surface area (Å²) in [7, 11) is 10.1. The number of likely N-dealkylation sites (N-methyl/N-ethyl adjacent to an activating group) is 6. The number of carbonyl (C=O) groups is 12. The Balaban J connectivity index is 2.01. The molecule has 2 aliphatic heterocycles. The van der Waals surface area contributed by atoms with Crippen molar-refractivity contribution in [3.05, 3.63) is 0 Å². The van der Waals surface area contributed by atoms with Crippen molar-refractivity contribution in [1.82, 2.24) is 60.5 Å². The van der Waals surface area contributed by atoms with Gasteiger partial charge in [-0.1, -0.05) is 133 Å². The van der Waals surface area contributed by atoms with Crippen molar-refractivity contribution in [2.75, 3.05) is 75.6 Å². The summed E-state index contributed by atoms with van der Waals surface area (Å²) in [5.41, 5.74) is -0.907. The Bertz CT molecular complexity index is 3020. The lowest BCUT2D eigenvalue weighted by Gasteiger charge is -2.40. The van der Waals surface area contributed by atoms with E-state index in [0.717, 1.165) is 80.4 Å². The first kappa shape index (κ1) is 95.7. The van der Waals surface area contributed by atoms with Crippen LogP contribution in [-0.4, -0.2) is 269 Å². The number of piperidine rings is 1. The molecule has 0 aromatic carbocycles. The number of carbonyl (C=O) groups excluding carboxylic acids is 12. The summed E-state index contributed by atoms with van der Waals surface area (Å²) >= 11 is 0. The molecule has 2 saturated heterocycles. The highest BCUT2D eigenvalue weighted by Crippen LogP contribution is 2.34. The Morgan fingerprint density at radius 3 is 1.35 bits per heavy atom. The van der Waals surface area contributed by atoms with E-state index in [9.17, 15) is 37.5 Å². The topological polar surface area (TPSA) is 308 Å². The van der Waals surface area contributed by atoms with Crippen LogP contribution in [0.4, 0.5) is 13.2 Å². The van der Waals surface area contributed by atoms with Crippen molar-refractivity contribution in [3.8, 4) is 0 Å². The van der Waals surface area contributed by atoms with E-state index in [2.05, 4.69) is 21.3 Å². The van der Waals surface area contributed by atoms with Gasteiger partial charge in [-0.2, -0.15) is 13.2 Å². The third-order valence-corrected chi connectivity index (χ3v) is 22.5. The van der Waals surface area contributed by atoms with E-state index in [-0.39, 0.29) is 93.4 Å². The van der Waals surface area contributed by atoms with Gasteiger partial charge in [-0.3, -0.25) is 57.5 Å². The molecule has 2 heterocycles. The number of hydrogen-bond donors (Lipinski definition) is 5. The van der Waals surface area contributed by atoms with Crippen LogP contribution < -0.4 is 21.3 Å². The van der Waals surface area contributed by atoms with Crippen molar-refractivity contribution in [1.29, 1.82) is 0 Å². The van der Waals surface area contributed by atoms with Gasteiger partial charge in [0, 0.05) is 75.4 Å². The fourth-order valence-electron chi connectivity index (χ4n) is 15.6. The number of alkyl halides is 3. The van der Waals surface area contributed by atoms with Crippen molar-refractivity contribution in [2.45, 2.75) is 329 Å². The van der Waals surface area contributed by atoms with Gasteiger partial charge in [0.15, 0.2) is 0 Å². The lowest BCUT2D eigenvalue weighted by atomic mass is 9.83. The van der Waals surface area contributed by atoms with Gasteiger partial charge in [0.2, 0.25) is 70.9 Å². The minimum atomic E-state index is -5.03. The summed E-state index contributed by atoms with van der Waals surface area (Å²) < 4.78 is 48.1. The third kappa shape index (κ3) is 29.7. The second-order valence-corrected chi connectivity index (χ2v) is 35.2. The maximum atomic E-state index is 15.9. The Hall–Kier alpha value is -6.65. The summed E-state index contributed by atoms with van der Waals surface area (Å²) in [4.78, 5) is 193. The molecule has 0 aromatic heterocycles. The van der Waals surface area contributed by atoms with Crippen molar-refractivity contribution >= 4 is 70.9 Å². The summed E-state index contributed by atoms with van der Waals surface area (Å²) in [6, 6.07) is -13.4. The van der Waals surface area contributed by atoms with Crippen LogP contribution in [0.1, 0.15) is 251 Å². The molecule has 0 radical (unpaired) electrons. The molecule has 12 amide bonds. The van der Waals surface area contributed by atoms with Gasteiger partial charge < -0.3 is 70.3 Å². The SMILES string of the molecule is CC(C)C[C@H]1C(=O)N[C@@H](C(C)C)C(=O)N(C)[C@@H](CC2CCCCC2)C(=O)N(C)[C@@H](CC2CCCCC2)C(=O)N[C@@H](COC(C)(C)C)C(=O)N(C)[C@@H](CC(C)C)C(=O)N[C@@H](CCCC(O)C(F)(F)F)C(=O)N(C)[C@@H](CC(C)C)C(=O)N(C)[C@@H](CC(C)C)C(=O)N[C@H](C(=O)N2CCCCC2)CC(=O)N(C)CCCC(=O)N1C. The van der Waals surface area contributed by atoms with Crippen LogP contribution in [0.5, 0.6) is 0 Å². The summed E-state index contributed by atoms with van der Waals surface area (Å²) in [6.45, 7) is 23.7. The van der Waals surface area contributed by atoms with Gasteiger partial charge in [0.25, 0.3) is 0 Å². The molecule has 11 atom stereocenters. The zero-order chi connectivity index (χ0) is 83.0. The molecule has 2 saturated carbocycles. The second kappa shape index (κ2) is 44.7. The number of aliphatic hydroxyl groups excluding tert-OH is 1. The smallest absolute Gasteiger partial charge is 0.384 e. The van der Waals surface area contributed by atoms with Gasteiger partial charge in [0.05, 0.1) is 18.6 Å². The Kier molecular flexibility index (Phi) is 38.9. The number of amides is 12. The molecule has 4 aliphatic rings. The predicted octanol–water partition coefficient (Wildman–Crippen LogP) is 8.23. The molecule has 110 heavy (non-hydrogen) atoms. The minimum Gasteiger partial charge on any atom is -0.384 e. The van der Waals surface area contributed by atoms with E-state index >= 15 is 38.4 Å². The van der Waals surface area contributed by atoms with Crippen LogP contribution in [0.15, 0.2) is 0 Å². The summed E-state index contributed by atoms with van der Waals surface area (Å²) in [5, 5.41) is 21.8. The molecule has 0 bridgehead atoms. The molecular weight excluding hydrogens is 1420 g/mol. The first-order chi connectivity index (χ1) is 51.3. The number of nitrogens with one attached hydrogen (secondary N) is 4. The Morgan fingerprint density at radius 2 is 0.864 bits per heavy atom. The molecule has 4 fully saturated rings. The number of likely N-dealkylation sites (tertiary alicyclic amines) is 1. The minimum absolute atomic E-state index is 0.00970. The van der Waals surface area contributed by atoms with Gasteiger partial charge in [0.1, 0.15) is 66.5 Å². The Morgan fingerprint density at radius 1 is 0.464 bits per heavy atom. The van der Waals surface area contributed by atoms with Crippen LogP contribution in [0.2, 0.25) is 0 Å². The van der Waals surface area contributed by atoms with Crippen LogP contribution >= 0.6 is 0 Å². The molecule has 0 spiro atoms. The van der Waals surface area contributed by atoms with Crippen molar-refractivity contribution in [3.63, 3.8) is 0 Å². The monoisotopic (exact) mass is 1560 g/mol. The highest BCUT2D eigenvalue weighted by Gasteiger charge is 2.46. The number of halogens is 3. The summed E-state index contributed by atoms with van der Waals surface area (Å²) in [6.07, 6.45) is 1.23. The molecule has 1 unspecified atom stereocenters. The average molecular weight is 1560 g/mol. The van der Waals surface area contributed by atoms with E-state index < -0.39 is 187 Å². The van der Waals surface area contributed by atoms with Gasteiger partial charge >= 0.3 is 6.18 Å². The van der Waals surface area contributed by atoms with Crippen LogP contribution in [0.25, 0.3) is 0 Å². The maximum absolute atomic E-state index is 15.9. The number of rotatable bonds is 20. The lowest BCUT2D eigenvalue weighted by molar-refractivity contribution is -0.205. The second-order valence-electron chi connectivity index (χ2n) is 35.2. The highest BCUT2D eigenvalue weighted by atomic mass is 19.4. The molecule has 4 rings (SSSR count). The zero-order valence-corrected chi connectivity index (χ0v) is 70.4. The van der Waals surface area contributed by atoms with Crippen molar-refractivity contribution < 1.29 is 80.5 Å².